The molecular weight excluding hydrogens is 327 g/mol. The summed E-state index contributed by atoms with van der Waals surface area (Å²) >= 11 is 1.46. The van der Waals surface area contributed by atoms with Gasteiger partial charge in [0.05, 0.1) is 17.7 Å². The summed E-state index contributed by atoms with van der Waals surface area (Å²) in [5.74, 6) is -0.408. The lowest BCUT2D eigenvalue weighted by Crippen LogP contribution is -2.41. The molecule has 0 aliphatic heterocycles. The van der Waals surface area contributed by atoms with Crippen LogP contribution in [0.1, 0.15) is 35.1 Å². The Kier molecular flexibility index (Phi) is 4.74. The number of rotatable bonds is 4. The van der Waals surface area contributed by atoms with Crippen molar-refractivity contribution in [3.8, 4) is 0 Å². The zero-order valence-corrected chi connectivity index (χ0v) is 13.7. The van der Waals surface area contributed by atoms with Gasteiger partial charge in [0.1, 0.15) is 10.7 Å². The molecule has 23 heavy (non-hydrogen) atoms. The van der Waals surface area contributed by atoms with Crippen LogP contribution in [0.3, 0.4) is 0 Å². The molecule has 0 saturated carbocycles. The molecule has 124 valence electrons. The molecule has 2 heterocycles. The molecule has 0 radical (unpaired) electrons. The number of amides is 1. The number of aromatic nitrogens is 2. The number of thiazole rings is 1. The maximum Gasteiger partial charge on any atom is 0.433 e. The van der Waals surface area contributed by atoms with Crippen LogP contribution in [-0.2, 0) is 22.9 Å². The van der Waals surface area contributed by atoms with E-state index in [-0.39, 0.29) is 12.1 Å². The fourth-order valence-corrected chi connectivity index (χ4v) is 2.81. The molecule has 0 aliphatic rings. The third-order valence-electron chi connectivity index (χ3n) is 3.05. The average Bonchev–Trinajstić information content (AvgIpc) is 2.85. The van der Waals surface area contributed by atoms with Crippen LogP contribution in [-0.4, -0.2) is 15.9 Å². The maximum atomic E-state index is 12.6. The predicted molar refractivity (Wildman–Crippen MR) is 81.0 cm³/mol. The van der Waals surface area contributed by atoms with E-state index in [0.29, 0.717) is 0 Å². The summed E-state index contributed by atoms with van der Waals surface area (Å²) in [7, 11) is 0. The van der Waals surface area contributed by atoms with Gasteiger partial charge in [0.2, 0.25) is 5.91 Å². The summed E-state index contributed by atoms with van der Waals surface area (Å²) < 4.78 is 37.9. The first kappa shape index (κ1) is 17.4. The van der Waals surface area contributed by atoms with Gasteiger partial charge in [-0.3, -0.25) is 4.79 Å². The Balaban J connectivity index is 2.08. The molecular formula is C15H16F3N3OS. The molecule has 0 aliphatic carbocycles. The van der Waals surface area contributed by atoms with Crippen molar-refractivity contribution < 1.29 is 18.0 Å². The second kappa shape index (κ2) is 6.27. The topological polar surface area (TPSA) is 54.9 Å². The Bertz CT molecular complexity index is 710. The fraction of sp³-hybridized carbons (Fsp3) is 0.400. The van der Waals surface area contributed by atoms with Crippen molar-refractivity contribution in [1.29, 1.82) is 0 Å². The zero-order valence-electron chi connectivity index (χ0n) is 12.9. The Morgan fingerprint density at radius 3 is 2.57 bits per heavy atom. The smallest absolute Gasteiger partial charge is 0.344 e. The molecule has 1 N–H and O–H groups in total. The number of hydrogen-bond donors (Lipinski definition) is 1. The van der Waals surface area contributed by atoms with Gasteiger partial charge in [-0.1, -0.05) is 6.07 Å². The van der Waals surface area contributed by atoms with Crippen molar-refractivity contribution in [1.82, 2.24) is 15.3 Å². The van der Waals surface area contributed by atoms with Crippen molar-refractivity contribution in [2.24, 2.45) is 0 Å². The van der Waals surface area contributed by atoms with Crippen molar-refractivity contribution >= 4 is 17.2 Å². The van der Waals surface area contributed by atoms with Crippen LogP contribution in [0.25, 0.3) is 0 Å². The van der Waals surface area contributed by atoms with E-state index >= 15 is 0 Å². The van der Waals surface area contributed by atoms with Crippen molar-refractivity contribution in [2.75, 3.05) is 0 Å². The second-order valence-electron chi connectivity index (χ2n) is 5.64. The molecule has 4 nitrogen and oxygen atoms in total. The first-order chi connectivity index (χ1) is 10.6. The second-order valence-corrected chi connectivity index (χ2v) is 6.87. The SMILES string of the molecule is Cc1cnc(C(C)(C)NC(=O)Cc2cccc(C(F)(F)F)n2)s1. The fourth-order valence-electron chi connectivity index (χ4n) is 1.99. The van der Waals surface area contributed by atoms with Gasteiger partial charge < -0.3 is 5.32 Å². The Morgan fingerprint density at radius 2 is 2.00 bits per heavy atom. The minimum absolute atomic E-state index is 0.0726. The normalized spacial score (nSPS) is 12.3. The minimum Gasteiger partial charge on any atom is -0.344 e. The van der Waals surface area contributed by atoms with Crippen LogP contribution in [0.4, 0.5) is 13.2 Å². The molecule has 2 aromatic rings. The van der Waals surface area contributed by atoms with Gasteiger partial charge in [-0.15, -0.1) is 11.3 Å². The highest BCUT2D eigenvalue weighted by atomic mass is 32.1. The first-order valence-electron chi connectivity index (χ1n) is 6.85. The van der Waals surface area contributed by atoms with Crippen LogP contribution in [0, 0.1) is 6.92 Å². The molecule has 0 fully saturated rings. The van der Waals surface area contributed by atoms with E-state index < -0.39 is 23.3 Å². The number of carbonyl (C=O) groups excluding carboxylic acids is 1. The molecule has 0 aromatic carbocycles. The molecule has 0 spiro atoms. The number of pyridine rings is 1. The van der Waals surface area contributed by atoms with Gasteiger partial charge in [-0.05, 0) is 32.9 Å². The highest BCUT2D eigenvalue weighted by Crippen LogP contribution is 2.28. The lowest BCUT2D eigenvalue weighted by molar-refractivity contribution is -0.141. The van der Waals surface area contributed by atoms with E-state index in [2.05, 4.69) is 15.3 Å². The molecule has 8 heteroatoms. The monoisotopic (exact) mass is 343 g/mol. The van der Waals surface area contributed by atoms with E-state index in [1.807, 2.05) is 6.92 Å². The summed E-state index contributed by atoms with van der Waals surface area (Å²) in [5, 5.41) is 3.52. The number of nitrogens with zero attached hydrogens (tertiary/aromatic N) is 2. The van der Waals surface area contributed by atoms with E-state index in [9.17, 15) is 18.0 Å². The summed E-state index contributed by atoms with van der Waals surface area (Å²) in [6.45, 7) is 5.50. The van der Waals surface area contributed by atoms with Gasteiger partial charge in [-0.25, -0.2) is 9.97 Å². The lowest BCUT2D eigenvalue weighted by Gasteiger charge is -2.23. The van der Waals surface area contributed by atoms with Crippen LogP contribution in [0.15, 0.2) is 24.4 Å². The number of alkyl halides is 3. The Labute approximate surface area is 135 Å². The first-order valence-corrected chi connectivity index (χ1v) is 7.66. The van der Waals surface area contributed by atoms with Gasteiger partial charge in [0, 0.05) is 11.1 Å². The third kappa shape index (κ3) is 4.51. The maximum absolute atomic E-state index is 12.6. The Hall–Kier alpha value is -1.96. The molecule has 0 bridgehead atoms. The number of halogens is 3. The van der Waals surface area contributed by atoms with E-state index in [0.717, 1.165) is 16.0 Å². The van der Waals surface area contributed by atoms with Gasteiger partial charge in [0.15, 0.2) is 0 Å². The average molecular weight is 343 g/mol. The van der Waals surface area contributed by atoms with Gasteiger partial charge in [0.25, 0.3) is 0 Å². The quantitative estimate of drug-likeness (QED) is 0.925. The third-order valence-corrected chi connectivity index (χ3v) is 4.28. The van der Waals surface area contributed by atoms with Crippen LogP contribution in [0.5, 0.6) is 0 Å². The minimum atomic E-state index is -4.52. The number of hydrogen-bond acceptors (Lipinski definition) is 4. The Morgan fingerprint density at radius 1 is 1.30 bits per heavy atom. The molecule has 1 amide bonds. The summed E-state index contributed by atoms with van der Waals surface area (Å²) in [5.41, 5.74) is -1.63. The zero-order chi connectivity index (χ0) is 17.3. The highest BCUT2D eigenvalue weighted by Gasteiger charge is 2.32. The van der Waals surface area contributed by atoms with Gasteiger partial charge in [-0.2, -0.15) is 13.2 Å². The van der Waals surface area contributed by atoms with Crippen LogP contribution in [0.2, 0.25) is 0 Å². The van der Waals surface area contributed by atoms with Crippen molar-refractivity contribution in [2.45, 2.75) is 38.9 Å². The number of aryl methyl sites for hydroxylation is 1. The van der Waals surface area contributed by atoms with E-state index in [1.165, 1.54) is 23.5 Å². The molecule has 2 rings (SSSR count). The molecule has 2 aromatic heterocycles. The number of nitrogens with one attached hydrogen (secondary N) is 1. The van der Waals surface area contributed by atoms with E-state index in [1.54, 1.807) is 20.0 Å². The van der Waals surface area contributed by atoms with Crippen molar-refractivity contribution in [3.05, 3.63) is 45.7 Å². The summed E-state index contributed by atoms with van der Waals surface area (Å²) in [4.78, 5) is 20.9. The summed E-state index contributed by atoms with van der Waals surface area (Å²) in [6, 6.07) is 3.52. The van der Waals surface area contributed by atoms with Crippen LogP contribution < -0.4 is 5.32 Å². The van der Waals surface area contributed by atoms with Gasteiger partial charge >= 0.3 is 6.18 Å². The molecule has 0 saturated heterocycles. The summed E-state index contributed by atoms with van der Waals surface area (Å²) in [6.07, 6.45) is -3.04. The number of carbonyl (C=O) groups is 1. The van der Waals surface area contributed by atoms with Crippen molar-refractivity contribution in [3.63, 3.8) is 0 Å². The lowest BCUT2D eigenvalue weighted by atomic mass is 10.1. The highest BCUT2D eigenvalue weighted by molar-refractivity contribution is 7.11. The largest absolute Gasteiger partial charge is 0.433 e. The predicted octanol–water partition coefficient (Wildman–Crippen LogP) is 3.46. The van der Waals surface area contributed by atoms with E-state index in [4.69, 9.17) is 0 Å². The standard InChI is InChI=1S/C15H16F3N3OS/c1-9-8-19-13(23-9)14(2,3)21-12(22)7-10-5-4-6-11(20-10)15(16,17)18/h4-6,8H,7H2,1-3H3,(H,21,22). The molecule has 0 atom stereocenters. The van der Waals surface area contributed by atoms with Crippen LogP contribution >= 0.6 is 11.3 Å². The molecule has 0 unspecified atom stereocenters.